The number of nitrogens with zero attached hydrogens (tertiary/aromatic N) is 1. The van der Waals surface area contributed by atoms with E-state index in [2.05, 4.69) is 0 Å². The number of carbonyl (C=O) groups is 2. The predicted molar refractivity (Wildman–Crippen MR) is 77.8 cm³/mol. The molecule has 2 rings (SSSR count). The largest absolute Gasteiger partial charge is 0.469 e. The summed E-state index contributed by atoms with van der Waals surface area (Å²) in [5.74, 6) is -0.704. The first kappa shape index (κ1) is 17.3. The van der Waals surface area contributed by atoms with Crippen molar-refractivity contribution in [3.63, 3.8) is 0 Å². The van der Waals surface area contributed by atoms with Crippen molar-refractivity contribution in [2.75, 3.05) is 18.6 Å². The minimum absolute atomic E-state index is 0.00847. The fraction of sp³-hybridized carbons (Fsp3) is 0.500. The van der Waals surface area contributed by atoms with Crippen molar-refractivity contribution in [1.29, 1.82) is 0 Å². The third-order valence-electron chi connectivity index (χ3n) is 4.09. The molecule has 4 nitrogen and oxygen atoms in total. The highest BCUT2D eigenvalue weighted by Crippen LogP contribution is 2.50. The van der Waals surface area contributed by atoms with Gasteiger partial charge in [0.25, 0.3) is 0 Å². The molecule has 1 aromatic carbocycles. The Balaban J connectivity index is 2.13. The van der Waals surface area contributed by atoms with Crippen molar-refractivity contribution in [3.8, 4) is 0 Å². The molecule has 7 heteroatoms. The monoisotopic (exact) mass is 329 g/mol. The number of esters is 1. The number of anilines is 1. The number of ether oxygens (including phenoxy) is 1. The highest BCUT2D eigenvalue weighted by atomic mass is 19.4. The summed E-state index contributed by atoms with van der Waals surface area (Å²) >= 11 is 0. The van der Waals surface area contributed by atoms with Crippen LogP contribution in [0.25, 0.3) is 0 Å². The van der Waals surface area contributed by atoms with E-state index in [9.17, 15) is 22.8 Å². The molecular formula is C16H18F3NO3. The normalized spacial score (nSPS) is 15.9. The number of hydrogen-bond donors (Lipinski definition) is 0. The molecule has 1 aliphatic carbocycles. The zero-order chi connectivity index (χ0) is 17.3. The van der Waals surface area contributed by atoms with E-state index in [1.165, 1.54) is 24.1 Å². The highest BCUT2D eigenvalue weighted by Gasteiger charge is 2.52. The van der Waals surface area contributed by atoms with Gasteiger partial charge in [-0.3, -0.25) is 9.59 Å². The summed E-state index contributed by atoms with van der Waals surface area (Å²) in [5, 5.41) is 0. The topological polar surface area (TPSA) is 46.6 Å². The number of benzene rings is 1. The molecule has 0 N–H and O–H groups in total. The first-order valence-electron chi connectivity index (χ1n) is 7.29. The second-order valence-electron chi connectivity index (χ2n) is 5.63. The van der Waals surface area contributed by atoms with Gasteiger partial charge in [0.1, 0.15) is 0 Å². The summed E-state index contributed by atoms with van der Waals surface area (Å²) in [6.07, 6.45) is -3.22. The lowest BCUT2D eigenvalue weighted by Crippen LogP contribution is -2.34. The van der Waals surface area contributed by atoms with Gasteiger partial charge < -0.3 is 9.64 Å². The number of halogens is 3. The number of methoxy groups -OCH3 is 1. The number of rotatable bonds is 5. The average molecular weight is 329 g/mol. The lowest BCUT2D eigenvalue weighted by atomic mass is 10.0. The van der Waals surface area contributed by atoms with Gasteiger partial charge in [-0.1, -0.05) is 0 Å². The molecule has 0 aromatic heterocycles. The van der Waals surface area contributed by atoms with Gasteiger partial charge in [-0.05, 0) is 44.0 Å². The van der Waals surface area contributed by atoms with Crippen LogP contribution in [-0.2, 0) is 20.5 Å². The number of alkyl halides is 3. The minimum atomic E-state index is -4.41. The van der Waals surface area contributed by atoms with Crippen molar-refractivity contribution in [1.82, 2.24) is 0 Å². The van der Waals surface area contributed by atoms with Gasteiger partial charge in [0.15, 0.2) is 0 Å². The summed E-state index contributed by atoms with van der Waals surface area (Å²) in [7, 11) is 1.28. The molecule has 1 aliphatic rings. The van der Waals surface area contributed by atoms with Crippen LogP contribution in [-0.4, -0.2) is 25.5 Å². The van der Waals surface area contributed by atoms with E-state index in [1.807, 2.05) is 0 Å². The number of carbonyl (C=O) groups excluding carboxylic acids is 2. The maximum Gasteiger partial charge on any atom is 0.416 e. The van der Waals surface area contributed by atoms with E-state index in [0.29, 0.717) is 25.1 Å². The minimum Gasteiger partial charge on any atom is -0.469 e. The summed E-state index contributed by atoms with van der Waals surface area (Å²) in [5.41, 5.74) is -1.14. The van der Waals surface area contributed by atoms with Crippen molar-refractivity contribution in [3.05, 3.63) is 29.8 Å². The van der Waals surface area contributed by atoms with Gasteiger partial charge in [-0.2, -0.15) is 13.2 Å². The number of amides is 1. The molecule has 1 amide bonds. The standard InChI is InChI=1S/C16H18F3NO3/c1-3-20(12-6-4-11(5-7-12)16(17,18)19)13(21)10-15(8-9-15)14(22)23-2/h4-7H,3,8-10H2,1-2H3. The first-order chi connectivity index (χ1) is 10.7. The smallest absolute Gasteiger partial charge is 0.416 e. The van der Waals surface area contributed by atoms with Crippen LogP contribution in [0.3, 0.4) is 0 Å². The first-order valence-corrected chi connectivity index (χ1v) is 7.29. The zero-order valence-corrected chi connectivity index (χ0v) is 12.9. The maximum absolute atomic E-state index is 12.6. The molecule has 0 radical (unpaired) electrons. The number of hydrogen-bond acceptors (Lipinski definition) is 3. The van der Waals surface area contributed by atoms with Crippen LogP contribution in [0.15, 0.2) is 24.3 Å². The van der Waals surface area contributed by atoms with Crippen LogP contribution in [0.5, 0.6) is 0 Å². The van der Waals surface area contributed by atoms with Crippen molar-refractivity contribution in [2.24, 2.45) is 5.41 Å². The quantitative estimate of drug-likeness (QED) is 0.778. The van der Waals surface area contributed by atoms with Crippen LogP contribution < -0.4 is 4.90 Å². The summed E-state index contributed by atoms with van der Waals surface area (Å²) in [6, 6.07) is 4.42. The Morgan fingerprint density at radius 3 is 2.17 bits per heavy atom. The molecule has 1 aromatic rings. The third kappa shape index (κ3) is 3.65. The fourth-order valence-corrected chi connectivity index (χ4v) is 2.54. The zero-order valence-electron chi connectivity index (χ0n) is 12.9. The molecule has 0 atom stereocenters. The SMILES string of the molecule is CCN(C(=O)CC1(C(=O)OC)CC1)c1ccc(C(F)(F)F)cc1. The highest BCUT2D eigenvalue weighted by molar-refractivity contribution is 5.97. The Morgan fingerprint density at radius 2 is 1.78 bits per heavy atom. The Morgan fingerprint density at radius 1 is 1.22 bits per heavy atom. The maximum atomic E-state index is 12.6. The molecule has 0 bridgehead atoms. The molecule has 126 valence electrons. The van der Waals surface area contributed by atoms with Crippen molar-refractivity contribution >= 4 is 17.6 Å². The Kier molecular flexibility index (Phi) is 4.68. The van der Waals surface area contributed by atoms with Crippen LogP contribution in [0.2, 0.25) is 0 Å². The Labute approximate surface area is 132 Å². The summed E-state index contributed by atoms with van der Waals surface area (Å²) in [4.78, 5) is 25.5. The fourth-order valence-electron chi connectivity index (χ4n) is 2.54. The van der Waals surface area contributed by atoms with E-state index in [4.69, 9.17) is 4.74 Å². The van der Waals surface area contributed by atoms with Gasteiger partial charge >= 0.3 is 12.1 Å². The molecule has 1 saturated carbocycles. The van der Waals surface area contributed by atoms with E-state index in [1.54, 1.807) is 6.92 Å². The predicted octanol–water partition coefficient (Wildman–Crippen LogP) is 3.40. The molecular weight excluding hydrogens is 311 g/mol. The third-order valence-corrected chi connectivity index (χ3v) is 4.09. The molecule has 1 fully saturated rings. The summed E-state index contributed by atoms with van der Waals surface area (Å²) in [6.45, 7) is 2.04. The second-order valence-corrected chi connectivity index (χ2v) is 5.63. The molecule has 0 unspecified atom stereocenters. The van der Waals surface area contributed by atoms with Gasteiger partial charge in [0, 0.05) is 18.7 Å². The van der Waals surface area contributed by atoms with Crippen molar-refractivity contribution < 1.29 is 27.5 Å². The molecule has 0 aliphatic heterocycles. The van der Waals surface area contributed by atoms with Gasteiger partial charge in [-0.25, -0.2) is 0 Å². The molecule has 0 saturated heterocycles. The summed E-state index contributed by atoms with van der Waals surface area (Å²) < 4.78 is 42.5. The van der Waals surface area contributed by atoms with Crippen LogP contribution in [0.4, 0.5) is 18.9 Å². The van der Waals surface area contributed by atoms with E-state index < -0.39 is 23.1 Å². The lowest BCUT2D eigenvalue weighted by molar-refractivity contribution is -0.148. The van der Waals surface area contributed by atoms with E-state index in [0.717, 1.165) is 12.1 Å². The lowest BCUT2D eigenvalue weighted by Gasteiger charge is -2.23. The molecule has 0 heterocycles. The van der Waals surface area contributed by atoms with Gasteiger partial charge in [0.05, 0.1) is 18.1 Å². The molecule has 0 spiro atoms. The second kappa shape index (κ2) is 6.22. The molecule has 23 heavy (non-hydrogen) atoms. The Bertz CT molecular complexity index is 592. The van der Waals surface area contributed by atoms with E-state index >= 15 is 0 Å². The van der Waals surface area contributed by atoms with Crippen LogP contribution in [0.1, 0.15) is 31.7 Å². The van der Waals surface area contributed by atoms with Gasteiger partial charge in [-0.15, -0.1) is 0 Å². The van der Waals surface area contributed by atoms with E-state index in [-0.39, 0.29) is 12.3 Å². The average Bonchev–Trinajstić information content (AvgIpc) is 3.27. The van der Waals surface area contributed by atoms with Crippen LogP contribution >= 0.6 is 0 Å². The Hall–Kier alpha value is -2.05. The van der Waals surface area contributed by atoms with Crippen LogP contribution in [0, 0.1) is 5.41 Å². The van der Waals surface area contributed by atoms with Crippen molar-refractivity contribution in [2.45, 2.75) is 32.4 Å². The van der Waals surface area contributed by atoms with Gasteiger partial charge in [0.2, 0.25) is 5.91 Å².